The molecule has 0 aliphatic heterocycles. The van der Waals surface area contributed by atoms with Gasteiger partial charge in [-0.3, -0.25) is 4.79 Å². The molecule has 0 heterocycles. The molecule has 4 nitrogen and oxygen atoms in total. The van der Waals surface area contributed by atoms with Crippen molar-refractivity contribution in [1.29, 1.82) is 0 Å². The zero-order chi connectivity index (χ0) is 13.4. The highest BCUT2D eigenvalue weighted by molar-refractivity contribution is 5.77. The number of halogens is 1. The molecule has 1 rings (SSSR count). The van der Waals surface area contributed by atoms with E-state index < -0.39 is 0 Å². The summed E-state index contributed by atoms with van der Waals surface area (Å²) in [6.45, 7) is 2.30. The van der Waals surface area contributed by atoms with Crippen LogP contribution in [-0.2, 0) is 11.2 Å². The SMILES string of the molecule is CC(=O)CCNC(=O)NCCc1ccc(F)cc1. The Morgan fingerprint density at radius 1 is 1.11 bits per heavy atom. The molecule has 1 aromatic carbocycles. The quantitative estimate of drug-likeness (QED) is 0.808. The minimum absolute atomic E-state index is 0.0432. The highest BCUT2D eigenvalue weighted by atomic mass is 19.1. The van der Waals surface area contributed by atoms with Crippen molar-refractivity contribution in [3.63, 3.8) is 0 Å². The second-order valence-electron chi connectivity index (χ2n) is 4.01. The molecule has 0 unspecified atom stereocenters. The van der Waals surface area contributed by atoms with Gasteiger partial charge in [-0.25, -0.2) is 9.18 Å². The first-order valence-electron chi connectivity index (χ1n) is 5.83. The first-order valence-corrected chi connectivity index (χ1v) is 5.83. The fourth-order valence-corrected chi connectivity index (χ4v) is 1.39. The minimum Gasteiger partial charge on any atom is -0.338 e. The number of Topliss-reactive ketones (excluding diaryl/α,β-unsaturated/α-hetero) is 1. The molecule has 0 fully saturated rings. The number of rotatable bonds is 6. The lowest BCUT2D eigenvalue weighted by Crippen LogP contribution is -2.37. The van der Waals surface area contributed by atoms with Gasteiger partial charge in [0, 0.05) is 19.5 Å². The predicted octanol–water partition coefficient (Wildman–Crippen LogP) is 1.65. The highest BCUT2D eigenvalue weighted by Gasteiger charge is 2.00. The molecule has 0 saturated carbocycles. The van der Waals surface area contributed by atoms with E-state index >= 15 is 0 Å². The van der Waals surface area contributed by atoms with Crippen molar-refractivity contribution in [2.45, 2.75) is 19.8 Å². The van der Waals surface area contributed by atoms with Crippen LogP contribution < -0.4 is 10.6 Å². The zero-order valence-electron chi connectivity index (χ0n) is 10.3. The van der Waals surface area contributed by atoms with Crippen molar-refractivity contribution < 1.29 is 14.0 Å². The Hall–Kier alpha value is -1.91. The summed E-state index contributed by atoms with van der Waals surface area (Å²) in [5.74, 6) is -0.227. The van der Waals surface area contributed by atoms with Crippen LogP contribution in [-0.4, -0.2) is 24.9 Å². The number of carbonyl (C=O) groups excluding carboxylic acids is 2. The maximum absolute atomic E-state index is 12.6. The van der Waals surface area contributed by atoms with E-state index in [1.807, 2.05) is 0 Å². The second-order valence-corrected chi connectivity index (χ2v) is 4.01. The largest absolute Gasteiger partial charge is 0.338 e. The van der Waals surface area contributed by atoms with E-state index in [0.717, 1.165) is 5.56 Å². The van der Waals surface area contributed by atoms with Gasteiger partial charge in [-0.15, -0.1) is 0 Å². The van der Waals surface area contributed by atoms with Crippen molar-refractivity contribution >= 4 is 11.8 Å². The minimum atomic E-state index is -0.293. The number of hydrogen-bond acceptors (Lipinski definition) is 2. The summed E-state index contributed by atoms with van der Waals surface area (Å²) in [7, 11) is 0. The lowest BCUT2D eigenvalue weighted by atomic mass is 10.1. The van der Waals surface area contributed by atoms with E-state index in [2.05, 4.69) is 10.6 Å². The topological polar surface area (TPSA) is 58.2 Å². The number of nitrogens with one attached hydrogen (secondary N) is 2. The molecular weight excluding hydrogens is 235 g/mol. The maximum atomic E-state index is 12.6. The number of benzene rings is 1. The van der Waals surface area contributed by atoms with E-state index in [4.69, 9.17) is 0 Å². The summed E-state index contributed by atoms with van der Waals surface area (Å²) in [6.07, 6.45) is 0.978. The zero-order valence-corrected chi connectivity index (χ0v) is 10.3. The smallest absolute Gasteiger partial charge is 0.314 e. The van der Waals surface area contributed by atoms with Gasteiger partial charge < -0.3 is 10.6 Å². The van der Waals surface area contributed by atoms with Gasteiger partial charge in [-0.2, -0.15) is 0 Å². The van der Waals surface area contributed by atoms with E-state index in [1.165, 1.54) is 19.1 Å². The fraction of sp³-hybridized carbons (Fsp3) is 0.385. The van der Waals surface area contributed by atoms with E-state index in [9.17, 15) is 14.0 Å². The van der Waals surface area contributed by atoms with E-state index in [-0.39, 0.29) is 17.6 Å². The molecule has 2 N–H and O–H groups in total. The Kier molecular flexibility index (Phi) is 5.84. The molecule has 0 spiro atoms. The Bertz CT molecular complexity index is 404. The standard InChI is InChI=1S/C13H17FN2O2/c1-10(17)6-8-15-13(18)16-9-7-11-2-4-12(14)5-3-11/h2-5H,6-9H2,1H3,(H2,15,16,18). The van der Waals surface area contributed by atoms with Gasteiger partial charge in [-0.05, 0) is 31.0 Å². The third-order valence-corrected chi connectivity index (χ3v) is 2.38. The molecule has 0 radical (unpaired) electrons. The molecule has 0 saturated heterocycles. The fourth-order valence-electron chi connectivity index (χ4n) is 1.39. The third-order valence-electron chi connectivity index (χ3n) is 2.38. The summed E-state index contributed by atoms with van der Waals surface area (Å²) in [5.41, 5.74) is 0.959. The molecule has 1 aromatic rings. The Morgan fingerprint density at radius 3 is 2.33 bits per heavy atom. The van der Waals surface area contributed by atoms with Gasteiger partial charge in [0.25, 0.3) is 0 Å². The van der Waals surface area contributed by atoms with Crippen molar-refractivity contribution in [3.05, 3.63) is 35.6 Å². The second kappa shape index (κ2) is 7.42. The molecule has 0 aliphatic carbocycles. The van der Waals surface area contributed by atoms with Crippen molar-refractivity contribution in [2.75, 3.05) is 13.1 Å². The first kappa shape index (κ1) is 14.2. The average Bonchev–Trinajstić information content (AvgIpc) is 2.31. The number of carbonyl (C=O) groups is 2. The Morgan fingerprint density at radius 2 is 1.72 bits per heavy atom. The molecule has 98 valence electrons. The van der Waals surface area contributed by atoms with E-state index in [0.29, 0.717) is 25.9 Å². The molecule has 2 amide bonds. The van der Waals surface area contributed by atoms with Crippen LogP contribution in [0.15, 0.2) is 24.3 Å². The van der Waals surface area contributed by atoms with Crippen LogP contribution in [0.5, 0.6) is 0 Å². The Labute approximate surface area is 106 Å². The van der Waals surface area contributed by atoms with Crippen LogP contribution in [0.1, 0.15) is 18.9 Å². The lowest BCUT2D eigenvalue weighted by Gasteiger charge is -2.06. The van der Waals surface area contributed by atoms with Crippen LogP contribution in [0.4, 0.5) is 9.18 Å². The molecule has 0 aromatic heterocycles. The van der Waals surface area contributed by atoms with Crippen LogP contribution in [0.2, 0.25) is 0 Å². The number of urea groups is 1. The number of ketones is 1. The Balaban J connectivity index is 2.15. The predicted molar refractivity (Wildman–Crippen MR) is 66.8 cm³/mol. The first-order chi connectivity index (χ1) is 8.58. The summed E-state index contributed by atoms with van der Waals surface area (Å²) in [6, 6.07) is 5.86. The van der Waals surface area contributed by atoms with Gasteiger partial charge >= 0.3 is 6.03 Å². The summed E-state index contributed by atoms with van der Waals surface area (Å²) < 4.78 is 12.6. The van der Waals surface area contributed by atoms with Gasteiger partial charge in [0.15, 0.2) is 0 Å². The lowest BCUT2D eigenvalue weighted by molar-refractivity contribution is -0.116. The van der Waals surface area contributed by atoms with Gasteiger partial charge in [0.1, 0.15) is 11.6 Å². The molecular formula is C13H17FN2O2. The van der Waals surface area contributed by atoms with Crippen molar-refractivity contribution in [1.82, 2.24) is 10.6 Å². The molecule has 0 atom stereocenters. The monoisotopic (exact) mass is 252 g/mol. The third kappa shape index (κ3) is 5.98. The summed E-state index contributed by atoms with van der Waals surface area (Å²) in [5, 5.41) is 5.24. The van der Waals surface area contributed by atoms with Crippen LogP contribution in [0.25, 0.3) is 0 Å². The summed E-state index contributed by atoms with van der Waals surface area (Å²) >= 11 is 0. The maximum Gasteiger partial charge on any atom is 0.314 e. The molecule has 5 heteroatoms. The van der Waals surface area contributed by atoms with Crippen LogP contribution >= 0.6 is 0 Å². The van der Waals surface area contributed by atoms with Crippen LogP contribution in [0.3, 0.4) is 0 Å². The number of hydrogen-bond donors (Lipinski definition) is 2. The van der Waals surface area contributed by atoms with Gasteiger partial charge in [0.05, 0.1) is 0 Å². The van der Waals surface area contributed by atoms with Crippen LogP contribution in [0, 0.1) is 5.82 Å². The number of amides is 2. The summed E-state index contributed by atoms with van der Waals surface area (Å²) in [4.78, 5) is 21.9. The highest BCUT2D eigenvalue weighted by Crippen LogP contribution is 2.02. The normalized spacial score (nSPS) is 9.89. The molecule has 18 heavy (non-hydrogen) atoms. The van der Waals surface area contributed by atoms with E-state index in [1.54, 1.807) is 12.1 Å². The van der Waals surface area contributed by atoms with Gasteiger partial charge in [-0.1, -0.05) is 12.1 Å². The van der Waals surface area contributed by atoms with Crippen molar-refractivity contribution in [2.24, 2.45) is 0 Å². The van der Waals surface area contributed by atoms with Gasteiger partial charge in [0.2, 0.25) is 0 Å². The molecule has 0 bridgehead atoms. The van der Waals surface area contributed by atoms with Crippen molar-refractivity contribution in [3.8, 4) is 0 Å². The average molecular weight is 252 g/mol. The molecule has 0 aliphatic rings.